The monoisotopic (exact) mass is 440 g/mol. The van der Waals surface area contributed by atoms with E-state index in [9.17, 15) is 4.79 Å². The van der Waals surface area contributed by atoms with Gasteiger partial charge in [0.2, 0.25) is 4.96 Å². The fourth-order valence-electron chi connectivity index (χ4n) is 4.34. The molecule has 0 radical (unpaired) electrons. The minimum absolute atomic E-state index is 0.0733. The van der Waals surface area contributed by atoms with E-state index in [0.29, 0.717) is 19.1 Å². The molecule has 0 atom stereocenters. The van der Waals surface area contributed by atoms with Gasteiger partial charge in [-0.25, -0.2) is 4.98 Å². The average Bonchev–Trinajstić information content (AvgIpc) is 3.21. The number of hydrogen-bond donors (Lipinski definition) is 0. The van der Waals surface area contributed by atoms with E-state index in [4.69, 9.17) is 9.72 Å². The molecule has 0 saturated heterocycles. The van der Waals surface area contributed by atoms with Crippen molar-refractivity contribution < 1.29 is 4.74 Å². The Morgan fingerprint density at radius 2 is 1.90 bits per heavy atom. The van der Waals surface area contributed by atoms with E-state index in [-0.39, 0.29) is 5.56 Å². The molecule has 0 unspecified atom stereocenters. The van der Waals surface area contributed by atoms with E-state index in [1.54, 1.807) is 17.4 Å². The van der Waals surface area contributed by atoms with Crippen LogP contribution in [0, 0.1) is 0 Å². The number of hydrogen-bond acceptors (Lipinski definition) is 6. The maximum atomic E-state index is 12.7. The third-order valence-electron chi connectivity index (χ3n) is 5.83. The fourth-order valence-corrected chi connectivity index (χ4v) is 5.43. The maximum Gasteiger partial charge on any atom is 0.275 e. The predicted molar refractivity (Wildman–Crippen MR) is 125 cm³/mol. The van der Waals surface area contributed by atoms with Crippen LogP contribution in [-0.4, -0.2) is 32.6 Å². The van der Waals surface area contributed by atoms with Crippen molar-refractivity contribution in [1.82, 2.24) is 19.5 Å². The van der Waals surface area contributed by atoms with Crippen LogP contribution < -0.4 is 10.3 Å². The highest BCUT2D eigenvalue weighted by Crippen LogP contribution is 2.34. The van der Waals surface area contributed by atoms with Gasteiger partial charge in [-0.15, -0.1) is 0 Å². The van der Waals surface area contributed by atoms with Gasteiger partial charge in [-0.1, -0.05) is 49.7 Å². The summed E-state index contributed by atoms with van der Waals surface area (Å²) in [6.45, 7) is 7.26. The van der Waals surface area contributed by atoms with Gasteiger partial charge in [-0.05, 0) is 50.4 Å². The molecule has 6 nitrogen and oxygen atoms in total. The van der Waals surface area contributed by atoms with E-state index >= 15 is 0 Å². The van der Waals surface area contributed by atoms with Gasteiger partial charge in [-0.3, -0.25) is 9.69 Å². The van der Waals surface area contributed by atoms with Crippen LogP contribution in [-0.2, 0) is 13.1 Å². The normalized spacial score (nSPS) is 15.1. The third-order valence-corrected chi connectivity index (χ3v) is 6.91. The van der Waals surface area contributed by atoms with Crippen molar-refractivity contribution in [2.75, 3.05) is 13.2 Å². The third kappa shape index (κ3) is 5.52. The zero-order valence-electron chi connectivity index (χ0n) is 18.5. The lowest BCUT2D eigenvalue weighted by atomic mass is 9.90. The van der Waals surface area contributed by atoms with Crippen molar-refractivity contribution in [3.63, 3.8) is 0 Å². The zero-order valence-corrected chi connectivity index (χ0v) is 19.4. The molecule has 1 saturated carbocycles. The highest BCUT2D eigenvalue weighted by atomic mass is 32.1. The summed E-state index contributed by atoms with van der Waals surface area (Å²) >= 11 is 1.59. The van der Waals surface area contributed by atoms with E-state index in [2.05, 4.69) is 29.1 Å². The fraction of sp³-hybridized carbons (Fsp3) is 0.542. The highest BCUT2D eigenvalue weighted by Gasteiger charge is 2.21. The Bertz CT molecular complexity index is 1040. The maximum absolute atomic E-state index is 12.7. The Morgan fingerprint density at radius 3 is 2.61 bits per heavy atom. The molecule has 2 aromatic heterocycles. The van der Waals surface area contributed by atoms with Gasteiger partial charge < -0.3 is 4.74 Å². The van der Waals surface area contributed by atoms with Crippen molar-refractivity contribution in [2.24, 2.45) is 0 Å². The van der Waals surface area contributed by atoms with Gasteiger partial charge in [0.25, 0.3) is 5.56 Å². The van der Waals surface area contributed by atoms with Crippen LogP contribution >= 0.6 is 11.3 Å². The molecule has 3 aromatic rings. The second-order valence-corrected chi connectivity index (χ2v) is 9.33. The largest absolute Gasteiger partial charge is 0.494 e. The summed E-state index contributed by atoms with van der Waals surface area (Å²) in [5.74, 6) is 1.38. The quantitative estimate of drug-likeness (QED) is 0.468. The molecule has 0 amide bonds. The average molecular weight is 441 g/mol. The molecule has 4 rings (SSSR count). The van der Waals surface area contributed by atoms with Gasteiger partial charge in [0.05, 0.1) is 12.3 Å². The number of nitrogens with zero attached hydrogens (tertiary/aromatic N) is 4. The van der Waals surface area contributed by atoms with Crippen molar-refractivity contribution in [2.45, 2.75) is 71.4 Å². The first-order valence-electron chi connectivity index (χ1n) is 11.5. The van der Waals surface area contributed by atoms with Gasteiger partial charge in [0.15, 0.2) is 0 Å². The number of aromatic nitrogens is 3. The molecule has 0 spiro atoms. The van der Waals surface area contributed by atoms with Crippen molar-refractivity contribution >= 4 is 16.3 Å². The smallest absolute Gasteiger partial charge is 0.275 e. The van der Waals surface area contributed by atoms with E-state index in [0.717, 1.165) is 40.9 Å². The van der Waals surface area contributed by atoms with Gasteiger partial charge in [0.1, 0.15) is 10.8 Å². The molecule has 1 aromatic carbocycles. The Balaban J connectivity index is 1.51. The summed E-state index contributed by atoms with van der Waals surface area (Å²) in [4.78, 5) is 20.6. The molecule has 1 fully saturated rings. The summed E-state index contributed by atoms with van der Waals surface area (Å²) in [5.41, 5.74) is 1.98. The Morgan fingerprint density at radius 1 is 1.13 bits per heavy atom. The second-order valence-electron chi connectivity index (χ2n) is 8.34. The summed E-state index contributed by atoms with van der Waals surface area (Å²) in [6.07, 6.45) is 7.22. The van der Waals surface area contributed by atoms with E-state index in [1.165, 1.54) is 42.2 Å². The van der Waals surface area contributed by atoms with Crippen LogP contribution in [0.15, 0.2) is 35.1 Å². The first-order valence-corrected chi connectivity index (χ1v) is 12.3. The first kappa shape index (κ1) is 22.0. The van der Waals surface area contributed by atoms with E-state index in [1.807, 2.05) is 19.1 Å². The van der Waals surface area contributed by atoms with Crippen LogP contribution in [0.5, 0.6) is 5.75 Å². The lowest BCUT2D eigenvalue weighted by Gasteiger charge is -2.21. The van der Waals surface area contributed by atoms with Crippen molar-refractivity contribution in [1.29, 1.82) is 0 Å². The Kier molecular flexibility index (Phi) is 7.35. The highest BCUT2D eigenvalue weighted by molar-refractivity contribution is 7.16. The molecular weight excluding hydrogens is 408 g/mol. The van der Waals surface area contributed by atoms with Crippen LogP contribution in [0.4, 0.5) is 0 Å². The standard InChI is InChI=1S/C24H32N4O2S/c1-3-14-27(16-18-10-12-21(13-11-18)30-4-2)17-20-15-22(29)28-24(25-20)31-23(26-28)19-8-6-5-7-9-19/h10-13,15,19H,3-9,14,16-17H2,1-2H3. The molecule has 0 bridgehead atoms. The molecule has 0 aliphatic heterocycles. The molecule has 0 N–H and O–H groups in total. The summed E-state index contributed by atoms with van der Waals surface area (Å²) in [6, 6.07) is 9.91. The van der Waals surface area contributed by atoms with Gasteiger partial charge >= 0.3 is 0 Å². The van der Waals surface area contributed by atoms with Crippen LogP contribution in [0.1, 0.15) is 74.6 Å². The summed E-state index contributed by atoms with van der Waals surface area (Å²) in [7, 11) is 0. The van der Waals surface area contributed by atoms with E-state index < -0.39 is 0 Å². The molecular formula is C24H32N4O2S. The lowest BCUT2D eigenvalue weighted by molar-refractivity contribution is 0.254. The molecule has 1 aliphatic rings. The van der Waals surface area contributed by atoms with Crippen LogP contribution in [0.25, 0.3) is 4.96 Å². The van der Waals surface area contributed by atoms with Crippen LogP contribution in [0.3, 0.4) is 0 Å². The molecule has 2 heterocycles. The molecule has 1 aliphatic carbocycles. The Hall–Kier alpha value is -2.25. The molecule has 7 heteroatoms. The summed E-state index contributed by atoms with van der Waals surface area (Å²) in [5, 5.41) is 5.69. The topological polar surface area (TPSA) is 59.7 Å². The number of rotatable bonds is 9. The number of ether oxygens (including phenoxy) is 1. The molecule has 31 heavy (non-hydrogen) atoms. The SMILES string of the molecule is CCCN(Cc1ccc(OCC)cc1)Cc1cc(=O)n2nc(C3CCCCC3)sc2n1. The van der Waals surface area contributed by atoms with Crippen molar-refractivity contribution in [3.8, 4) is 5.75 Å². The predicted octanol–water partition coefficient (Wildman–Crippen LogP) is 5.01. The second kappa shape index (κ2) is 10.4. The number of benzene rings is 1. The first-order chi connectivity index (χ1) is 15.2. The minimum Gasteiger partial charge on any atom is -0.494 e. The van der Waals surface area contributed by atoms with Gasteiger partial charge in [-0.2, -0.15) is 9.61 Å². The molecule has 166 valence electrons. The number of fused-ring (bicyclic) bond motifs is 1. The summed E-state index contributed by atoms with van der Waals surface area (Å²) < 4.78 is 7.04. The van der Waals surface area contributed by atoms with Crippen LogP contribution in [0.2, 0.25) is 0 Å². The lowest BCUT2D eigenvalue weighted by Crippen LogP contribution is -2.26. The zero-order chi connectivity index (χ0) is 21.6. The Labute approximate surface area is 187 Å². The van der Waals surface area contributed by atoms with Crippen molar-refractivity contribution in [3.05, 3.63) is 57.0 Å². The minimum atomic E-state index is -0.0733. The van der Waals surface area contributed by atoms with Gasteiger partial charge in [0, 0.05) is 25.1 Å².